The maximum absolute atomic E-state index is 11.4. The van der Waals surface area contributed by atoms with Crippen LogP contribution in [0.4, 0.5) is 0 Å². The van der Waals surface area contributed by atoms with Crippen molar-refractivity contribution < 1.29 is 23.8 Å². The minimum atomic E-state index is -0.521. The van der Waals surface area contributed by atoms with Crippen molar-refractivity contribution in [2.45, 2.75) is 26.7 Å². The van der Waals surface area contributed by atoms with Gasteiger partial charge in [0.25, 0.3) is 0 Å². The van der Waals surface area contributed by atoms with Crippen LogP contribution >= 0.6 is 0 Å². The van der Waals surface area contributed by atoms with Crippen molar-refractivity contribution in [3.63, 3.8) is 0 Å². The molecule has 1 rings (SSSR count). The van der Waals surface area contributed by atoms with Gasteiger partial charge in [0, 0.05) is 31.8 Å². The molecule has 0 aromatic rings. The van der Waals surface area contributed by atoms with E-state index in [9.17, 15) is 9.59 Å². The highest BCUT2D eigenvalue weighted by Gasteiger charge is 2.10. The molecule has 1 aliphatic rings. The van der Waals surface area contributed by atoms with Crippen molar-refractivity contribution in [1.29, 1.82) is 0 Å². The van der Waals surface area contributed by atoms with E-state index < -0.39 is 11.9 Å². The zero-order valence-electron chi connectivity index (χ0n) is 13.6. The summed E-state index contributed by atoms with van der Waals surface area (Å²) in [4.78, 5) is 25.0. The molecule has 1 saturated heterocycles. The van der Waals surface area contributed by atoms with Crippen LogP contribution in [0.15, 0.2) is 12.2 Å². The normalized spacial score (nSPS) is 16.1. The largest absolute Gasteiger partial charge is 0.463 e. The van der Waals surface area contributed by atoms with Crippen molar-refractivity contribution in [2.75, 3.05) is 46.1 Å². The van der Waals surface area contributed by atoms with Crippen LogP contribution in [0.5, 0.6) is 0 Å². The second-order valence-corrected chi connectivity index (χ2v) is 5.66. The second-order valence-electron chi connectivity index (χ2n) is 5.66. The number of rotatable bonds is 9. The van der Waals surface area contributed by atoms with E-state index >= 15 is 0 Å². The molecule has 0 aliphatic carbocycles. The van der Waals surface area contributed by atoms with Crippen LogP contribution in [0.3, 0.4) is 0 Å². The third-order valence-corrected chi connectivity index (χ3v) is 3.28. The average molecular weight is 313 g/mol. The van der Waals surface area contributed by atoms with Gasteiger partial charge in [-0.1, -0.05) is 13.8 Å². The van der Waals surface area contributed by atoms with E-state index in [0.717, 1.165) is 51.3 Å². The van der Waals surface area contributed by atoms with Crippen LogP contribution in [-0.4, -0.2) is 62.9 Å². The van der Waals surface area contributed by atoms with Crippen LogP contribution < -0.4 is 0 Å². The molecule has 1 heterocycles. The fraction of sp³-hybridized carbons (Fsp3) is 0.750. The summed E-state index contributed by atoms with van der Waals surface area (Å²) in [5, 5.41) is 0. The van der Waals surface area contributed by atoms with E-state index in [-0.39, 0.29) is 0 Å². The molecule has 22 heavy (non-hydrogen) atoms. The number of morpholine rings is 1. The maximum Gasteiger partial charge on any atom is 0.331 e. The van der Waals surface area contributed by atoms with Gasteiger partial charge in [0.2, 0.25) is 0 Å². The second kappa shape index (κ2) is 11.2. The Morgan fingerprint density at radius 1 is 1.09 bits per heavy atom. The first-order valence-corrected chi connectivity index (χ1v) is 7.89. The lowest BCUT2D eigenvalue weighted by Crippen LogP contribution is -2.38. The molecule has 6 heteroatoms. The van der Waals surface area contributed by atoms with Gasteiger partial charge in [-0.15, -0.1) is 0 Å². The molecule has 0 N–H and O–H groups in total. The molecule has 1 fully saturated rings. The zero-order valence-corrected chi connectivity index (χ0v) is 13.6. The van der Waals surface area contributed by atoms with Crippen LogP contribution in [-0.2, 0) is 23.8 Å². The first-order valence-electron chi connectivity index (χ1n) is 7.89. The van der Waals surface area contributed by atoms with Gasteiger partial charge in [-0.05, 0) is 18.8 Å². The summed E-state index contributed by atoms with van der Waals surface area (Å²) in [6.45, 7) is 8.77. The number of hydrogen-bond donors (Lipinski definition) is 0. The third kappa shape index (κ3) is 9.52. The molecular formula is C16H27NO5. The number of carbonyl (C=O) groups is 2. The molecule has 6 nitrogen and oxygen atoms in total. The van der Waals surface area contributed by atoms with Crippen molar-refractivity contribution in [2.24, 2.45) is 5.92 Å². The number of esters is 2. The molecule has 1 aliphatic heterocycles. The Hall–Kier alpha value is -1.40. The fourth-order valence-electron chi connectivity index (χ4n) is 2.00. The monoisotopic (exact) mass is 313 g/mol. The number of hydrogen-bond acceptors (Lipinski definition) is 6. The molecule has 0 bridgehead atoms. The molecule has 0 aromatic carbocycles. The van der Waals surface area contributed by atoms with E-state index in [4.69, 9.17) is 14.2 Å². The highest BCUT2D eigenvalue weighted by molar-refractivity contribution is 5.91. The topological polar surface area (TPSA) is 65.1 Å². The van der Waals surface area contributed by atoms with Gasteiger partial charge in [-0.2, -0.15) is 0 Å². The van der Waals surface area contributed by atoms with Crippen molar-refractivity contribution in [3.8, 4) is 0 Å². The van der Waals surface area contributed by atoms with E-state index in [0.29, 0.717) is 25.7 Å². The maximum atomic E-state index is 11.4. The Bertz CT molecular complexity index is 362. The van der Waals surface area contributed by atoms with Crippen molar-refractivity contribution >= 4 is 11.9 Å². The summed E-state index contributed by atoms with van der Waals surface area (Å²) >= 11 is 0. The predicted molar refractivity (Wildman–Crippen MR) is 82.4 cm³/mol. The van der Waals surface area contributed by atoms with Gasteiger partial charge in [-0.25, -0.2) is 9.59 Å². The Morgan fingerprint density at radius 3 is 2.27 bits per heavy atom. The van der Waals surface area contributed by atoms with Gasteiger partial charge in [0.05, 0.1) is 19.8 Å². The lowest BCUT2D eigenvalue weighted by molar-refractivity contribution is -0.141. The highest BCUT2D eigenvalue weighted by atomic mass is 16.5. The quantitative estimate of drug-likeness (QED) is 0.364. The Kier molecular flexibility index (Phi) is 9.50. The summed E-state index contributed by atoms with van der Waals surface area (Å²) < 4.78 is 15.3. The number of nitrogens with zero attached hydrogens (tertiary/aromatic N) is 1. The van der Waals surface area contributed by atoms with E-state index in [2.05, 4.69) is 18.7 Å². The van der Waals surface area contributed by atoms with Crippen LogP contribution in [0.25, 0.3) is 0 Å². The summed E-state index contributed by atoms with van der Waals surface area (Å²) in [5.41, 5.74) is 0. The standard InChI is InChI=1S/C16H27NO5/c1-14(2)4-3-10-21-15(18)5-6-16(19)22-13-9-17-7-11-20-12-8-17/h5-6,14H,3-4,7-13H2,1-2H3/b6-5+. The molecule has 0 spiro atoms. The van der Waals surface area contributed by atoms with E-state index in [1.807, 2.05) is 0 Å². The van der Waals surface area contributed by atoms with Gasteiger partial charge in [0.15, 0.2) is 0 Å². The zero-order chi connectivity index (χ0) is 16.2. The van der Waals surface area contributed by atoms with Crippen LogP contribution in [0.2, 0.25) is 0 Å². The average Bonchev–Trinajstić information content (AvgIpc) is 2.50. The Labute approximate surface area is 132 Å². The predicted octanol–water partition coefficient (Wildman–Crippen LogP) is 1.40. The molecule has 0 aromatic heterocycles. The first kappa shape index (κ1) is 18.6. The van der Waals surface area contributed by atoms with Gasteiger partial charge < -0.3 is 14.2 Å². The number of carbonyl (C=O) groups excluding carboxylic acids is 2. The Balaban J connectivity index is 2.05. The smallest absolute Gasteiger partial charge is 0.331 e. The summed E-state index contributed by atoms with van der Waals surface area (Å²) in [6, 6.07) is 0. The molecule has 0 amide bonds. The van der Waals surface area contributed by atoms with E-state index in [1.54, 1.807) is 0 Å². The van der Waals surface area contributed by atoms with Gasteiger partial charge in [-0.3, -0.25) is 4.90 Å². The highest BCUT2D eigenvalue weighted by Crippen LogP contribution is 2.03. The van der Waals surface area contributed by atoms with Crippen LogP contribution in [0, 0.1) is 5.92 Å². The minimum Gasteiger partial charge on any atom is -0.463 e. The van der Waals surface area contributed by atoms with E-state index in [1.165, 1.54) is 0 Å². The lowest BCUT2D eigenvalue weighted by atomic mass is 10.1. The Morgan fingerprint density at radius 2 is 1.68 bits per heavy atom. The molecule has 0 saturated carbocycles. The lowest BCUT2D eigenvalue weighted by Gasteiger charge is -2.25. The SMILES string of the molecule is CC(C)CCCOC(=O)/C=C/C(=O)OCCN1CCOCC1. The molecule has 0 unspecified atom stereocenters. The van der Waals surface area contributed by atoms with Gasteiger partial charge in [0.1, 0.15) is 6.61 Å². The summed E-state index contributed by atoms with van der Waals surface area (Å²) in [7, 11) is 0. The summed E-state index contributed by atoms with van der Waals surface area (Å²) in [6.07, 6.45) is 4.08. The van der Waals surface area contributed by atoms with Crippen molar-refractivity contribution in [1.82, 2.24) is 4.90 Å². The molecule has 126 valence electrons. The molecular weight excluding hydrogens is 286 g/mol. The fourth-order valence-corrected chi connectivity index (χ4v) is 2.00. The number of ether oxygens (including phenoxy) is 3. The minimum absolute atomic E-state index is 0.312. The molecule has 0 atom stereocenters. The summed E-state index contributed by atoms with van der Waals surface area (Å²) in [5.74, 6) is -0.433. The van der Waals surface area contributed by atoms with Crippen molar-refractivity contribution in [3.05, 3.63) is 12.2 Å². The third-order valence-electron chi connectivity index (χ3n) is 3.28. The molecule has 0 radical (unpaired) electrons. The first-order chi connectivity index (χ1) is 10.6. The van der Waals surface area contributed by atoms with Crippen LogP contribution in [0.1, 0.15) is 26.7 Å². The van der Waals surface area contributed by atoms with Gasteiger partial charge >= 0.3 is 11.9 Å².